The molecule has 2 aromatic rings. The van der Waals surface area contributed by atoms with Gasteiger partial charge in [0.25, 0.3) is 0 Å². The minimum absolute atomic E-state index is 0.220. The Morgan fingerprint density at radius 1 is 0.872 bits per heavy atom. The number of carbonyl (C=O) groups excluding carboxylic acids is 1. The normalized spacial score (nSPS) is 25.2. The summed E-state index contributed by atoms with van der Waals surface area (Å²) in [5.41, 5.74) is 6.50. The summed E-state index contributed by atoms with van der Waals surface area (Å²) in [5.74, 6) is 2.33. The molecule has 4 fully saturated rings. The van der Waals surface area contributed by atoms with E-state index in [4.69, 9.17) is 15.1 Å². The van der Waals surface area contributed by atoms with E-state index in [2.05, 4.69) is 30.3 Å². The van der Waals surface area contributed by atoms with Crippen LogP contribution in [0, 0.1) is 17.8 Å². The molecule has 0 aliphatic heterocycles. The van der Waals surface area contributed by atoms with Crippen LogP contribution in [0.5, 0.6) is 5.75 Å². The second kappa shape index (κ2) is 12.4. The number of ether oxygens (including phenoxy) is 1. The van der Waals surface area contributed by atoms with Crippen LogP contribution in [0.25, 0.3) is 17.2 Å². The Kier molecular flexibility index (Phi) is 8.71. The number of hydroxylamine groups is 1. The van der Waals surface area contributed by atoms with Crippen molar-refractivity contribution in [1.29, 1.82) is 0 Å². The second-order valence-electron chi connectivity index (χ2n) is 12.1. The van der Waals surface area contributed by atoms with Crippen LogP contribution in [-0.4, -0.2) is 28.8 Å². The highest BCUT2D eigenvalue weighted by Crippen LogP contribution is 2.62. The number of unbranched alkanes of at least 4 members (excludes halogenated alkanes) is 4. The van der Waals surface area contributed by atoms with Gasteiger partial charge in [-0.25, -0.2) is 10.3 Å². The van der Waals surface area contributed by atoms with Gasteiger partial charge in [0.05, 0.1) is 6.61 Å². The molecular formula is C33H41NO5. The molecule has 4 aliphatic carbocycles. The van der Waals surface area contributed by atoms with Gasteiger partial charge in [-0.2, -0.15) is 0 Å². The van der Waals surface area contributed by atoms with Crippen LogP contribution in [0.2, 0.25) is 0 Å². The molecule has 0 spiro atoms. The fourth-order valence-corrected chi connectivity index (χ4v) is 7.80. The molecular weight excluding hydrogens is 490 g/mol. The van der Waals surface area contributed by atoms with E-state index < -0.39 is 5.97 Å². The van der Waals surface area contributed by atoms with Gasteiger partial charge in [0, 0.05) is 18.1 Å². The van der Waals surface area contributed by atoms with Crippen molar-refractivity contribution in [2.24, 2.45) is 17.8 Å². The van der Waals surface area contributed by atoms with Crippen molar-refractivity contribution in [2.75, 3.05) is 6.61 Å². The molecule has 0 atom stereocenters. The Morgan fingerprint density at radius 3 is 2.13 bits per heavy atom. The minimum Gasteiger partial charge on any atom is -0.493 e. The van der Waals surface area contributed by atoms with Gasteiger partial charge in [0.15, 0.2) is 0 Å². The van der Waals surface area contributed by atoms with Crippen molar-refractivity contribution >= 4 is 18.0 Å². The van der Waals surface area contributed by atoms with Gasteiger partial charge < -0.3 is 9.84 Å². The van der Waals surface area contributed by atoms with Crippen molar-refractivity contribution in [3.8, 4) is 16.9 Å². The van der Waals surface area contributed by atoms with Gasteiger partial charge in [0.1, 0.15) is 5.75 Å². The van der Waals surface area contributed by atoms with E-state index in [-0.39, 0.29) is 11.3 Å². The Morgan fingerprint density at radius 2 is 1.49 bits per heavy atom. The highest BCUT2D eigenvalue weighted by Gasteiger charge is 2.52. The molecule has 6 heteroatoms. The molecule has 6 rings (SSSR count). The average molecular weight is 532 g/mol. The van der Waals surface area contributed by atoms with Crippen LogP contribution < -0.4 is 10.2 Å². The van der Waals surface area contributed by atoms with Crippen molar-refractivity contribution in [3.05, 3.63) is 59.7 Å². The molecule has 1 amide bonds. The quantitative estimate of drug-likeness (QED) is 0.110. The summed E-state index contributed by atoms with van der Waals surface area (Å²) < 4.78 is 6.49. The lowest BCUT2D eigenvalue weighted by Crippen LogP contribution is -2.48. The Labute approximate surface area is 231 Å². The molecule has 208 valence electrons. The number of carbonyl (C=O) groups is 2. The standard InChI is InChI=1S/C33H41NO5/c35-31(34-38)6-4-2-1-3-5-15-39-30-13-12-28(27-10-7-23(8-11-27)9-14-32(36)37)19-29(30)33-20-24-16-25(21-33)18-26(17-24)22-33/h7-14,19,24-26,38H,1-6,15-18,20-22H2,(H,34,35)(H,36,37). The maximum Gasteiger partial charge on any atom is 0.328 e. The van der Waals surface area contributed by atoms with Gasteiger partial charge in [0.2, 0.25) is 5.91 Å². The Bertz CT molecular complexity index is 1150. The predicted octanol–water partition coefficient (Wildman–Crippen LogP) is 7.14. The lowest BCUT2D eigenvalue weighted by molar-refractivity contribution is -0.131. The zero-order chi connectivity index (χ0) is 27.2. The number of nitrogens with one attached hydrogen (secondary N) is 1. The molecule has 0 unspecified atom stereocenters. The number of hydrogen-bond donors (Lipinski definition) is 3. The predicted molar refractivity (Wildman–Crippen MR) is 152 cm³/mol. The Balaban J connectivity index is 1.29. The molecule has 0 heterocycles. The van der Waals surface area contributed by atoms with Crippen LogP contribution in [0.3, 0.4) is 0 Å². The van der Waals surface area contributed by atoms with E-state index in [1.165, 1.54) is 55.7 Å². The fraction of sp³-hybridized carbons (Fsp3) is 0.515. The maximum absolute atomic E-state index is 11.1. The monoisotopic (exact) mass is 531 g/mol. The molecule has 0 radical (unpaired) electrons. The van der Waals surface area contributed by atoms with Gasteiger partial charge in [-0.3, -0.25) is 10.0 Å². The van der Waals surface area contributed by atoms with Gasteiger partial charge in [-0.1, -0.05) is 49.6 Å². The van der Waals surface area contributed by atoms with E-state index in [1.54, 1.807) is 11.6 Å². The SMILES string of the molecule is O=C(O)C=Cc1ccc(-c2ccc(OCCCCCCCC(=O)NO)c(C34CC5CC(CC(C5)C3)C4)c2)cc1. The molecule has 0 aromatic heterocycles. The van der Waals surface area contributed by atoms with Crippen LogP contribution in [0.1, 0.15) is 88.2 Å². The summed E-state index contributed by atoms with van der Waals surface area (Å²) in [4.78, 5) is 22.0. The molecule has 4 aliphatic rings. The van der Waals surface area contributed by atoms with Gasteiger partial charge >= 0.3 is 5.97 Å². The molecule has 2 aromatic carbocycles. The Hall–Kier alpha value is -3.12. The largest absolute Gasteiger partial charge is 0.493 e. The summed E-state index contributed by atoms with van der Waals surface area (Å²) in [6.45, 7) is 0.695. The number of carboxylic acid groups (broad SMARTS) is 1. The van der Waals surface area contributed by atoms with Gasteiger partial charge in [-0.15, -0.1) is 0 Å². The lowest BCUT2D eigenvalue weighted by Gasteiger charge is -2.57. The van der Waals surface area contributed by atoms with Crippen molar-refractivity contribution in [1.82, 2.24) is 5.48 Å². The molecule has 6 nitrogen and oxygen atoms in total. The molecule has 4 saturated carbocycles. The first-order chi connectivity index (χ1) is 18.9. The molecule has 3 N–H and O–H groups in total. The molecule has 0 saturated heterocycles. The summed E-state index contributed by atoms with van der Waals surface area (Å²) in [5, 5.41) is 17.5. The summed E-state index contributed by atoms with van der Waals surface area (Å²) in [7, 11) is 0. The summed E-state index contributed by atoms with van der Waals surface area (Å²) in [6, 6.07) is 14.8. The minimum atomic E-state index is -0.943. The van der Waals surface area contributed by atoms with Crippen LogP contribution in [-0.2, 0) is 15.0 Å². The number of benzene rings is 2. The highest BCUT2D eigenvalue weighted by atomic mass is 16.5. The van der Waals surface area contributed by atoms with Crippen LogP contribution in [0.4, 0.5) is 0 Å². The third-order valence-electron chi connectivity index (χ3n) is 9.18. The van der Waals surface area contributed by atoms with E-state index in [9.17, 15) is 9.59 Å². The maximum atomic E-state index is 11.1. The summed E-state index contributed by atoms with van der Waals surface area (Å²) in [6.07, 6.45) is 16.1. The molecule has 39 heavy (non-hydrogen) atoms. The first-order valence-corrected chi connectivity index (χ1v) is 14.7. The lowest BCUT2D eigenvalue weighted by atomic mass is 9.48. The number of rotatable bonds is 13. The van der Waals surface area contributed by atoms with Crippen LogP contribution >= 0.6 is 0 Å². The zero-order valence-corrected chi connectivity index (χ0v) is 22.7. The van der Waals surface area contributed by atoms with E-state index in [0.717, 1.165) is 66.7 Å². The van der Waals surface area contributed by atoms with E-state index in [0.29, 0.717) is 13.0 Å². The topological polar surface area (TPSA) is 95.9 Å². The van der Waals surface area contributed by atoms with Crippen molar-refractivity contribution < 1.29 is 24.6 Å². The zero-order valence-electron chi connectivity index (χ0n) is 22.7. The highest BCUT2D eigenvalue weighted by molar-refractivity contribution is 5.85. The van der Waals surface area contributed by atoms with E-state index in [1.807, 2.05) is 12.1 Å². The van der Waals surface area contributed by atoms with Gasteiger partial charge in [-0.05, 0) is 109 Å². The average Bonchev–Trinajstić information content (AvgIpc) is 2.92. The molecule has 4 bridgehead atoms. The fourth-order valence-electron chi connectivity index (χ4n) is 7.80. The number of hydrogen-bond acceptors (Lipinski definition) is 4. The smallest absolute Gasteiger partial charge is 0.328 e. The number of carboxylic acids is 1. The number of aliphatic carboxylic acids is 1. The third-order valence-corrected chi connectivity index (χ3v) is 9.18. The first kappa shape index (κ1) is 27.4. The second-order valence-corrected chi connectivity index (χ2v) is 12.1. The first-order valence-electron chi connectivity index (χ1n) is 14.7. The van der Waals surface area contributed by atoms with Crippen molar-refractivity contribution in [3.63, 3.8) is 0 Å². The van der Waals surface area contributed by atoms with E-state index >= 15 is 0 Å². The third kappa shape index (κ3) is 6.73. The number of amides is 1. The van der Waals surface area contributed by atoms with Crippen LogP contribution in [0.15, 0.2) is 48.5 Å². The summed E-state index contributed by atoms with van der Waals surface area (Å²) >= 11 is 0. The van der Waals surface area contributed by atoms with Crippen molar-refractivity contribution in [2.45, 2.75) is 82.5 Å².